The van der Waals surface area contributed by atoms with Crippen molar-refractivity contribution in [1.29, 1.82) is 0 Å². The van der Waals surface area contributed by atoms with E-state index in [0.29, 0.717) is 11.3 Å². The molecule has 96 valence electrons. The summed E-state index contributed by atoms with van der Waals surface area (Å²) in [5.74, 6) is -0.769. The maximum atomic E-state index is 11.7. The summed E-state index contributed by atoms with van der Waals surface area (Å²) < 4.78 is 5.07. The lowest BCUT2D eigenvalue weighted by Crippen LogP contribution is -2.37. The van der Waals surface area contributed by atoms with E-state index in [4.69, 9.17) is 10.5 Å². The molecule has 5 heteroatoms. The van der Waals surface area contributed by atoms with Crippen LogP contribution in [0.15, 0.2) is 24.3 Å². The molecule has 0 aromatic heterocycles. The summed E-state index contributed by atoms with van der Waals surface area (Å²) in [4.78, 5) is 23.3. The number of esters is 1. The van der Waals surface area contributed by atoms with Crippen molar-refractivity contribution in [3.05, 3.63) is 29.8 Å². The Kier molecular flexibility index (Phi) is 3.50. The fourth-order valence-corrected chi connectivity index (χ4v) is 1.45. The van der Waals surface area contributed by atoms with Crippen LogP contribution < -0.4 is 11.1 Å². The lowest BCUT2D eigenvalue weighted by Gasteiger charge is -2.13. The summed E-state index contributed by atoms with van der Waals surface area (Å²) in [6.07, 6.45) is 1.23. The first kappa shape index (κ1) is 12.4. The van der Waals surface area contributed by atoms with Gasteiger partial charge in [0.15, 0.2) is 6.10 Å². The van der Waals surface area contributed by atoms with E-state index in [1.54, 1.807) is 31.2 Å². The molecule has 0 heterocycles. The molecule has 0 saturated heterocycles. The molecular weight excluding hydrogens is 232 g/mol. The van der Waals surface area contributed by atoms with Crippen LogP contribution in [-0.2, 0) is 9.53 Å². The molecule has 0 unspecified atom stereocenters. The van der Waals surface area contributed by atoms with Gasteiger partial charge in [0.1, 0.15) is 0 Å². The molecule has 18 heavy (non-hydrogen) atoms. The quantitative estimate of drug-likeness (QED) is 0.617. The molecule has 0 radical (unpaired) electrons. The van der Waals surface area contributed by atoms with Crippen LogP contribution in [0.1, 0.15) is 30.1 Å². The third kappa shape index (κ3) is 3.23. The number of amides is 1. The highest BCUT2D eigenvalue weighted by molar-refractivity contribution is 5.92. The van der Waals surface area contributed by atoms with E-state index in [9.17, 15) is 9.59 Å². The zero-order chi connectivity index (χ0) is 13.1. The summed E-state index contributed by atoms with van der Waals surface area (Å²) >= 11 is 0. The van der Waals surface area contributed by atoms with E-state index in [1.807, 2.05) is 0 Å². The molecule has 1 aliphatic rings. The second-order valence-corrected chi connectivity index (χ2v) is 4.45. The molecular formula is C13H16N2O3. The number of ether oxygens (including phenoxy) is 1. The van der Waals surface area contributed by atoms with Crippen molar-refractivity contribution in [1.82, 2.24) is 5.32 Å². The second-order valence-electron chi connectivity index (χ2n) is 4.45. The number of rotatable bonds is 4. The number of nitrogens with two attached hydrogens (primary N) is 1. The van der Waals surface area contributed by atoms with Gasteiger partial charge in [-0.05, 0) is 44.0 Å². The van der Waals surface area contributed by atoms with Gasteiger partial charge in [0.05, 0.1) is 5.56 Å². The van der Waals surface area contributed by atoms with E-state index in [-0.39, 0.29) is 11.9 Å². The maximum Gasteiger partial charge on any atom is 0.338 e. The third-order valence-corrected chi connectivity index (χ3v) is 2.72. The Morgan fingerprint density at radius 3 is 2.50 bits per heavy atom. The van der Waals surface area contributed by atoms with Crippen LogP contribution in [-0.4, -0.2) is 24.0 Å². The Balaban J connectivity index is 1.89. The van der Waals surface area contributed by atoms with E-state index < -0.39 is 12.1 Å². The number of benzene rings is 1. The molecule has 2 rings (SSSR count). The molecule has 3 N–H and O–H groups in total. The fourth-order valence-electron chi connectivity index (χ4n) is 1.45. The highest BCUT2D eigenvalue weighted by atomic mass is 16.5. The molecule has 0 bridgehead atoms. The Labute approximate surface area is 105 Å². The summed E-state index contributed by atoms with van der Waals surface area (Å²) in [6, 6.07) is 6.64. The van der Waals surface area contributed by atoms with Crippen molar-refractivity contribution in [2.45, 2.75) is 31.9 Å². The Morgan fingerprint density at radius 2 is 1.94 bits per heavy atom. The monoisotopic (exact) mass is 248 g/mol. The molecule has 1 aromatic carbocycles. The molecule has 0 spiro atoms. The summed E-state index contributed by atoms with van der Waals surface area (Å²) in [5.41, 5.74) is 6.48. The van der Waals surface area contributed by atoms with Gasteiger partial charge in [0.2, 0.25) is 0 Å². The number of hydrogen-bond donors (Lipinski definition) is 2. The average molecular weight is 248 g/mol. The van der Waals surface area contributed by atoms with E-state index in [1.165, 1.54) is 0 Å². The second kappa shape index (κ2) is 5.08. The molecule has 1 fully saturated rings. The standard InChI is InChI=1S/C13H16N2O3/c1-8(12(16)15-11-6-7-11)18-13(17)9-2-4-10(14)5-3-9/h2-5,8,11H,6-7,14H2,1H3,(H,15,16)/t8-/m1/s1. The van der Waals surface area contributed by atoms with E-state index >= 15 is 0 Å². The van der Waals surface area contributed by atoms with Gasteiger partial charge in [0.25, 0.3) is 5.91 Å². The highest BCUT2D eigenvalue weighted by Crippen LogP contribution is 2.19. The molecule has 1 amide bonds. The topological polar surface area (TPSA) is 81.4 Å². The molecule has 5 nitrogen and oxygen atoms in total. The minimum Gasteiger partial charge on any atom is -0.449 e. The zero-order valence-corrected chi connectivity index (χ0v) is 10.2. The van der Waals surface area contributed by atoms with Crippen LogP contribution in [0.2, 0.25) is 0 Å². The summed E-state index contributed by atoms with van der Waals surface area (Å²) in [7, 11) is 0. The van der Waals surface area contributed by atoms with Gasteiger partial charge in [0, 0.05) is 11.7 Å². The number of nitrogens with one attached hydrogen (secondary N) is 1. The first-order valence-electron chi connectivity index (χ1n) is 5.93. The van der Waals surface area contributed by atoms with Crippen LogP contribution in [0, 0.1) is 0 Å². The zero-order valence-electron chi connectivity index (χ0n) is 10.2. The number of hydrogen-bond acceptors (Lipinski definition) is 4. The van der Waals surface area contributed by atoms with Crippen molar-refractivity contribution in [3.63, 3.8) is 0 Å². The summed E-state index contributed by atoms with van der Waals surface area (Å²) in [6.45, 7) is 1.56. The number of carbonyl (C=O) groups is 2. The van der Waals surface area contributed by atoms with Crippen LogP contribution in [0.4, 0.5) is 5.69 Å². The predicted molar refractivity (Wildman–Crippen MR) is 66.9 cm³/mol. The highest BCUT2D eigenvalue weighted by Gasteiger charge is 2.27. The van der Waals surface area contributed by atoms with Crippen LogP contribution >= 0.6 is 0 Å². The van der Waals surface area contributed by atoms with Gasteiger partial charge < -0.3 is 15.8 Å². The normalized spacial score (nSPS) is 15.8. The fraction of sp³-hybridized carbons (Fsp3) is 0.385. The van der Waals surface area contributed by atoms with Crippen LogP contribution in [0.5, 0.6) is 0 Å². The van der Waals surface area contributed by atoms with Gasteiger partial charge in [-0.3, -0.25) is 4.79 Å². The van der Waals surface area contributed by atoms with Gasteiger partial charge in [-0.2, -0.15) is 0 Å². The lowest BCUT2D eigenvalue weighted by molar-refractivity contribution is -0.129. The Hall–Kier alpha value is -2.04. The van der Waals surface area contributed by atoms with Crippen molar-refractivity contribution in [3.8, 4) is 0 Å². The van der Waals surface area contributed by atoms with Crippen molar-refractivity contribution in [2.75, 3.05) is 5.73 Å². The molecule has 1 aromatic rings. The summed E-state index contributed by atoms with van der Waals surface area (Å²) in [5, 5.41) is 2.78. The first-order valence-corrected chi connectivity index (χ1v) is 5.93. The van der Waals surface area contributed by atoms with Gasteiger partial charge in [-0.15, -0.1) is 0 Å². The molecule has 0 aliphatic heterocycles. The minimum absolute atomic E-state index is 0.249. The van der Waals surface area contributed by atoms with E-state index in [2.05, 4.69) is 5.32 Å². The third-order valence-electron chi connectivity index (χ3n) is 2.72. The Bertz CT molecular complexity index is 452. The first-order chi connectivity index (χ1) is 8.56. The Morgan fingerprint density at radius 1 is 1.33 bits per heavy atom. The SMILES string of the molecule is C[C@@H](OC(=O)c1ccc(N)cc1)C(=O)NC1CC1. The number of anilines is 1. The molecule has 1 aliphatic carbocycles. The van der Waals surface area contributed by atoms with Gasteiger partial charge in [-0.25, -0.2) is 4.79 Å². The average Bonchev–Trinajstić information content (AvgIpc) is 3.13. The number of nitrogen functional groups attached to an aromatic ring is 1. The van der Waals surface area contributed by atoms with Crippen LogP contribution in [0.3, 0.4) is 0 Å². The van der Waals surface area contributed by atoms with Gasteiger partial charge >= 0.3 is 5.97 Å². The lowest BCUT2D eigenvalue weighted by atomic mass is 10.2. The smallest absolute Gasteiger partial charge is 0.338 e. The largest absolute Gasteiger partial charge is 0.449 e. The number of carbonyl (C=O) groups excluding carboxylic acids is 2. The minimum atomic E-state index is -0.782. The van der Waals surface area contributed by atoms with Crippen molar-refractivity contribution in [2.24, 2.45) is 0 Å². The molecule has 1 saturated carbocycles. The van der Waals surface area contributed by atoms with E-state index in [0.717, 1.165) is 12.8 Å². The molecule has 1 atom stereocenters. The maximum absolute atomic E-state index is 11.7. The van der Waals surface area contributed by atoms with Crippen molar-refractivity contribution >= 4 is 17.6 Å². The van der Waals surface area contributed by atoms with Gasteiger partial charge in [-0.1, -0.05) is 0 Å². The van der Waals surface area contributed by atoms with Crippen LogP contribution in [0.25, 0.3) is 0 Å². The predicted octanol–water partition coefficient (Wildman–Crippen LogP) is 1.09. The van der Waals surface area contributed by atoms with Crippen molar-refractivity contribution < 1.29 is 14.3 Å².